The van der Waals surface area contributed by atoms with Crippen LogP contribution in [0.2, 0.25) is 0 Å². The van der Waals surface area contributed by atoms with Crippen molar-refractivity contribution in [3.05, 3.63) is 0 Å². The third-order valence-electron chi connectivity index (χ3n) is 4.49. The Morgan fingerprint density at radius 1 is 1.27 bits per heavy atom. The molecular formula is C13H23BrO. The van der Waals surface area contributed by atoms with Crippen LogP contribution in [0.25, 0.3) is 0 Å². The summed E-state index contributed by atoms with van der Waals surface area (Å²) >= 11 is 3.59. The third kappa shape index (κ3) is 2.12. The summed E-state index contributed by atoms with van der Waals surface area (Å²) < 4.78 is 6.46. The normalized spacial score (nSPS) is 51.2. The molecule has 2 heteroatoms. The summed E-state index contributed by atoms with van der Waals surface area (Å²) in [6.07, 6.45) is 6.49. The molecule has 0 radical (unpaired) electrons. The fourth-order valence-corrected chi connectivity index (χ4v) is 3.74. The maximum absolute atomic E-state index is 6.46. The Kier molecular flexibility index (Phi) is 3.20. The highest BCUT2D eigenvalue weighted by Crippen LogP contribution is 2.50. The highest BCUT2D eigenvalue weighted by atomic mass is 79.9. The Labute approximate surface area is 102 Å². The van der Waals surface area contributed by atoms with Gasteiger partial charge in [-0.3, -0.25) is 0 Å². The van der Waals surface area contributed by atoms with Crippen LogP contribution in [-0.4, -0.2) is 16.5 Å². The summed E-state index contributed by atoms with van der Waals surface area (Å²) in [6, 6.07) is 0. The summed E-state index contributed by atoms with van der Waals surface area (Å²) in [6.45, 7) is 7.01. The van der Waals surface area contributed by atoms with Crippen LogP contribution in [0.3, 0.4) is 0 Å². The van der Waals surface area contributed by atoms with Gasteiger partial charge in [-0.15, -0.1) is 0 Å². The molecule has 1 aliphatic carbocycles. The number of ether oxygens (including phenoxy) is 1. The largest absolute Gasteiger partial charge is 0.368 e. The van der Waals surface area contributed by atoms with Crippen LogP contribution in [-0.2, 0) is 4.74 Å². The second kappa shape index (κ2) is 4.03. The van der Waals surface area contributed by atoms with Crippen molar-refractivity contribution in [2.45, 2.75) is 64.1 Å². The van der Waals surface area contributed by atoms with E-state index in [1.165, 1.54) is 32.1 Å². The number of rotatable bonds is 1. The Morgan fingerprint density at radius 3 is 2.60 bits per heavy atom. The van der Waals surface area contributed by atoms with E-state index in [0.29, 0.717) is 0 Å². The zero-order valence-corrected chi connectivity index (χ0v) is 11.8. The zero-order chi connectivity index (χ0) is 11.1. The molecule has 0 aromatic heterocycles. The van der Waals surface area contributed by atoms with Crippen molar-refractivity contribution in [2.24, 2.45) is 11.8 Å². The second-order valence-electron chi connectivity index (χ2n) is 6.04. The highest BCUT2D eigenvalue weighted by molar-refractivity contribution is 9.09. The highest BCUT2D eigenvalue weighted by Gasteiger charge is 2.50. The fourth-order valence-electron chi connectivity index (χ4n) is 3.34. The molecule has 0 N–H and O–H groups in total. The first-order valence-electron chi connectivity index (χ1n) is 6.26. The summed E-state index contributed by atoms with van der Waals surface area (Å²) in [5.74, 6) is 1.59. The molecule has 1 heterocycles. The SMILES string of the molecule is CC1CCC(C)C2(CCC(C)(CBr)O2)C1. The summed E-state index contributed by atoms with van der Waals surface area (Å²) in [7, 11) is 0. The number of alkyl halides is 1. The van der Waals surface area contributed by atoms with Crippen molar-refractivity contribution in [3.8, 4) is 0 Å². The third-order valence-corrected chi connectivity index (χ3v) is 5.68. The Morgan fingerprint density at radius 2 is 2.00 bits per heavy atom. The van der Waals surface area contributed by atoms with Crippen LogP contribution in [0.5, 0.6) is 0 Å². The predicted octanol–water partition coefficient (Wildman–Crippen LogP) is 4.15. The fraction of sp³-hybridized carbons (Fsp3) is 1.00. The quantitative estimate of drug-likeness (QED) is 0.653. The lowest BCUT2D eigenvalue weighted by Gasteiger charge is -2.43. The molecule has 1 nitrogen and oxygen atoms in total. The van der Waals surface area contributed by atoms with Gasteiger partial charge in [-0.1, -0.05) is 36.2 Å². The first kappa shape index (κ1) is 11.9. The van der Waals surface area contributed by atoms with Crippen molar-refractivity contribution >= 4 is 15.9 Å². The lowest BCUT2D eigenvalue weighted by Crippen LogP contribution is -2.44. The molecule has 4 unspecified atom stereocenters. The average Bonchev–Trinajstić information content (AvgIpc) is 2.53. The first-order chi connectivity index (χ1) is 7.00. The minimum Gasteiger partial charge on any atom is -0.368 e. The Hall–Kier alpha value is 0.440. The topological polar surface area (TPSA) is 9.23 Å². The molecule has 0 aromatic rings. The molecule has 2 rings (SSSR count). The van der Waals surface area contributed by atoms with Crippen molar-refractivity contribution in [1.29, 1.82) is 0 Å². The molecule has 2 aliphatic rings. The Balaban J connectivity index is 2.13. The average molecular weight is 275 g/mol. The molecule has 0 bridgehead atoms. The standard InChI is InChI=1S/C13H23BrO/c1-10-4-5-11(2)13(8-10)7-6-12(3,9-14)15-13/h10-11H,4-9H2,1-3H3. The van der Waals surface area contributed by atoms with E-state index >= 15 is 0 Å². The number of hydrogen-bond donors (Lipinski definition) is 0. The lowest BCUT2D eigenvalue weighted by molar-refractivity contribution is -0.135. The van der Waals surface area contributed by atoms with E-state index in [9.17, 15) is 0 Å². The summed E-state index contributed by atoms with van der Waals surface area (Å²) in [5.41, 5.74) is 0.297. The van der Waals surface area contributed by atoms with Crippen LogP contribution in [0.4, 0.5) is 0 Å². The summed E-state index contributed by atoms with van der Waals surface area (Å²) in [4.78, 5) is 0. The first-order valence-corrected chi connectivity index (χ1v) is 7.38. The second-order valence-corrected chi connectivity index (χ2v) is 6.60. The molecule has 15 heavy (non-hydrogen) atoms. The molecule has 4 atom stereocenters. The van der Waals surface area contributed by atoms with Crippen molar-refractivity contribution in [1.82, 2.24) is 0 Å². The Bertz CT molecular complexity index is 243. The van der Waals surface area contributed by atoms with Gasteiger partial charge in [0.05, 0.1) is 11.2 Å². The van der Waals surface area contributed by atoms with E-state index in [1.54, 1.807) is 0 Å². The number of halogens is 1. The van der Waals surface area contributed by atoms with Gasteiger partial charge in [-0.2, -0.15) is 0 Å². The van der Waals surface area contributed by atoms with Gasteiger partial charge >= 0.3 is 0 Å². The number of hydrogen-bond acceptors (Lipinski definition) is 1. The maximum Gasteiger partial charge on any atom is 0.0759 e. The van der Waals surface area contributed by atoms with Gasteiger partial charge in [-0.05, 0) is 44.4 Å². The predicted molar refractivity (Wildman–Crippen MR) is 67.4 cm³/mol. The molecular weight excluding hydrogens is 252 g/mol. The van der Waals surface area contributed by atoms with E-state index in [0.717, 1.165) is 17.2 Å². The van der Waals surface area contributed by atoms with Gasteiger partial charge in [0.2, 0.25) is 0 Å². The van der Waals surface area contributed by atoms with Gasteiger partial charge in [0, 0.05) is 5.33 Å². The molecule has 88 valence electrons. The van der Waals surface area contributed by atoms with Crippen molar-refractivity contribution < 1.29 is 4.74 Å². The van der Waals surface area contributed by atoms with Crippen LogP contribution >= 0.6 is 15.9 Å². The minimum absolute atomic E-state index is 0.0886. The van der Waals surface area contributed by atoms with Crippen LogP contribution < -0.4 is 0 Å². The van der Waals surface area contributed by atoms with Crippen molar-refractivity contribution in [3.63, 3.8) is 0 Å². The van der Waals surface area contributed by atoms with E-state index in [-0.39, 0.29) is 11.2 Å². The van der Waals surface area contributed by atoms with E-state index in [2.05, 4.69) is 36.7 Å². The van der Waals surface area contributed by atoms with Gasteiger partial charge in [0.25, 0.3) is 0 Å². The summed E-state index contributed by atoms with van der Waals surface area (Å²) in [5, 5.41) is 0.975. The maximum atomic E-state index is 6.46. The molecule has 1 saturated heterocycles. The molecule has 1 spiro atoms. The minimum atomic E-state index is 0.0886. The molecule has 0 aromatic carbocycles. The van der Waals surface area contributed by atoms with Crippen LogP contribution in [0.1, 0.15) is 52.9 Å². The van der Waals surface area contributed by atoms with Gasteiger partial charge in [-0.25, -0.2) is 0 Å². The van der Waals surface area contributed by atoms with E-state index < -0.39 is 0 Å². The molecule has 0 amide bonds. The monoisotopic (exact) mass is 274 g/mol. The zero-order valence-electron chi connectivity index (χ0n) is 10.2. The smallest absolute Gasteiger partial charge is 0.0759 e. The van der Waals surface area contributed by atoms with Gasteiger partial charge in [0.1, 0.15) is 0 Å². The van der Waals surface area contributed by atoms with Gasteiger partial charge in [0.15, 0.2) is 0 Å². The molecule has 2 fully saturated rings. The van der Waals surface area contributed by atoms with Crippen LogP contribution in [0.15, 0.2) is 0 Å². The lowest BCUT2D eigenvalue weighted by atomic mass is 9.71. The van der Waals surface area contributed by atoms with Crippen molar-refractivity contribution in [2.75, 3.05) is 5.33 Å². The van der Waals surface area contributed by atoms with E-state index in [1.807, 2.05) is 0 Å². The van der Waals surface area contributed by atoms with Crippen LogP contribution in [0, 0.1) is 11.8 Å². The molecule has 1 aliphatic heterocycles. The van der Waals surface area contributed by atoms with Gasteiger partial charge < -0.3 is 4.74 Å². The van der Waals surface area contributed by atoms with E-state index in [4.69, 9.17) is 4.74 Å². The molecule has 1 saturated carbocycles.